The number of carbonyl (C=O) groups excluding carboxylic acids is 14. The van der Waals surface area contributed by atoms with E-state index in [1.165, 1.54) is 6.07 Å². The molecule has 98 heavy (non-hydrogen) atoms. The number of H-pyrrole nitrogens is 1. The molecule has 13 N–H and O–H groups in total. The molecule has 5 fully saturated rings. The maximum absolute atomic E-state index is 14.8. The fourth-order valence-corrected chi connectivity index (χ4v) is 16.7. The van der Waals surface area contributed by atoms with Crippen molar-refractivity contribution < 1.29 is 91.0 Å². The van der Waals surface area contributed by atoms with E-state index in [1.54, 1.807) is 57.2 Å². The van der Waals surface area contributed by atoms with Crippen LogP contribution in [0.1, 0.15) is 64.9 Å². The topological polar surface area (TPSA) is 462 Å². The zero-order valence-electron chi connectivity index (χ0n) is 54.1. The highest BCUT2D eigenvalue weighted by Crippen LogP contribution is 2.47. The number of fused-ring (bicyclic) bond motifs is 15. The lowest BCUT2D eigenvalue weighted by Gasteiger charge is -2.30. The molecule has 36 heteroatoms. The quantitative estimate of drug-likeness (QED) is 0.0275. The van der Waals surface area contributed by atoms with Gasteiger partial charge in [-0.15, -0.1) is 11.8 Å². The summed E-state index contributed by atoms with van der Waals surface area (Å²) in [6, 6.07) is -4.34. The Labute approximate surface area is 565 Å². The van der Waals surface area contributed by atoms with Gasteiger partial charge < -0.3 is 71.7 Å². The van der Waals surface area contributed by atoms with Crippen LogP contribution in [0.15, 0.2) is 47.5 Å². The molecule has 11 rings (SSSR count). The zero-order chi connectivity index (χ0) is 70.0. The molecule has 34 nitrogen and oxygen atoms in total. The predicted octanol–water partition coefficient (Wildman–Crippen LogP) is -4.06. The highest BCUT2D eigenvalue weighted by atomic mass is 32.2. The zero-order valence-corrected chi connectivity index (χ0v) is 55.8. The molecule has 10 heterocycles. The molecule has 528 valence electrons. The number of aliphatic hydroxyl groups excluding tert-OH is 1. The molecule has 0 radical (unpaired) electrons. The molecule has 13 amide bonds. The van der Waals surface area contributed by atoms with Gasteiger partial charge in [-0.1, -0.05) is 57.9 Å². The van der Waals surface area contributed by atoms with Gasteiger partial charge in [-0.2, -0.15) is 0 Å². The first kappa shape index (κ1) is 70.9. The Morgan fingerprint density at radius 1 is 0.694 bits per heavy atom. The predicted molar refractivity (Wildman–Crippen MR) is 343 cm³/mol. The number of likely N-dealkylation sites (tertiary alicyclic amines) is 2. The van der Waals surface area contributed by atoms with Crippen molar-refractivity contribution in [2.45, 2.75) is 138 Å². The van der Waals surface area contributed by atoms with E-state index in [0.29, 0.717) is 23.7 Å². The number of amides is 13. The van der Waals surface area contributed by atoms with Crippen LogP contribution in [0.25, 0.3) is 10.9 Å². The van der Waals surface area contributed by atoms with Crippen LogP contribution >= 0.6 is 19.4 Å². The molecule has 5 saturated heterocycles. The lowest BCUT2D eigenvalue weighted by molar-refractivity contribution is -0.148. The maximum Gasteiger partial charge on any atom is 0.308 e. The van der Waals surface area contributed by atoms with E-state index in [9.17, 15) is 76.8 Å². The smallest absolute Gasteiger partial charge is 0.308 e. The van der Waals surface area contributed by atoms with Crippen LogP contribution in [0.3, 0.4) is 0 Å². The number of benzene rings is 1. The van der Waals surface area contributed by atoms with Crippen LogP contribution < -0.4 is 57.8 Å². The third-order valence-electron chi connectivity index (χ3n) is 19.2. The minimum Gasteiger partial charge on any atom is -0.469 e. The van der Waals surface area contributed by atoms with Crippen LogP contribution in [0.4, 0.5) is 5.69 Å². The SMILES string of the molecule is CCC[C@@H]1NC(=O)[C@@H]2C[C@@H](O)CN2C(=O)[C@H](CC(=O)OC)NC(=O)[C@@H]2CSc3[nH]c4ccc(NC(=O)CCNP(=O)(NCCN5C(=O)C6C7C=CC(O7)C6C5=O)NCCN5C(=O)C6C7C=CC(O7)C6C5=O)cc4c3C[C@H](NC1=O)C(=O)NCC(=O)N[C@@H]([C@@H](C)CC)C(=O)NCC(=O)N2. The molecule has 16 atom stereocenters. The van der Waals surface area contributed by atoms with Gasteiger partial charge in [0.2, 0.25) is 76.8 Å². The molecule has 9 aliphatic rings. The maximum atomic E-state index is 14.8. The summed E-state index contributed by atoms with van der Waals surface area (Å²) in [5.41, 5.74) is 0.843. The minimum absolute atomic E-state index is 0.0135. The normalized spacial score (nSPS) is 31.4. The van der Waals surface area contributed by atoms with Crippen LogP contribution in [-0.4, -0.2) is 240 Å². The Bertz CT molecular complexity index is 3580. The molecule has 1 aromatic heterocycles. The summed E-state index contributed by atoms with van der Waals surface area (Å²) in [6.07, 6.45) is 2.45. The van der Waals surface area contributed by atoms with Gasteiger partial charge in [0.1, 0.15) is 36.3 Å². The van der Waals surface area contributed by atoms with E-state index < -0.39 is 219 Å². The van der Waals surface area contributed by atoms with Crippen molar-refractivity contribution in [2.24, 2.45) is 29.6 Å². The van der Waals surface area contributed by atoms with Crippen molar-refractivity contribution >= 4 is 119 Å². The number of nitrogens with one attached hydrogen (secondary N) is 12. The Morgan fingerprint density at radius 3 is 1.85 bits per heavy atom. The molecular formula is C62H80N15O19PS. The van der Waals surface area contributed by atoms with Crippen molar-refractivity contribution in [2.75, 3.05) is 70.5 Å². The van der Waals surface area contributed by atoms with E-state index in [2.05, 4.69) is 62.8 Å². The highest BCUT2D eigenvalue weighted by molar-refractivity contribution is 7.99. The molecule has 6 bridgehead atoms. The number of carbonyl (C=O) groups is 14. The number of imide groups is 2. The lowest BCUT2D eigenvalue weighted by Crippen LogP contribution is -2.60. The van der Waals surface area contributed by atoms with Crippen molar-refractivity contribution in [3.8, 4) is 0 Å². The van der Waals surface area contributed by atoms with Crippen molar-refractivity contribution in [3.05, 3.63) is 48.1 Å². The number of nitrogens with zero attached hydrogens (tertiary/aromatic N) is 3. The second-order valence-electron chi connectivity index (χ2n) is 25.6. The average molecular weight is 1400 g/mol. The van der Waals surface area contributed by atoms with E-state index in [4.69, 9.17) is 14.2 Å². The molecule has 0 aliphatic carbocycles. The number of esters is 1. The van der Waals surface area contributed by atoms with Crippen LogP contribution in [-0.2, 0) is 92.3 Å². The minimum atomic E-state index is -4.01. The van der Waals surface area contributed by atoms with E-state index >= 15 is 0 Å². The van der Waals surface area contributed by atoms with E-state index in [0.717, 1.165) is 33.6 Å². The number of methoxy groups -OCH3 is 1. The molecular weight excluding hydrogens is 1320 g/mol. The number of ether oxygens (including phenoxy) is 3. The third kappa shape index (κ3) is 14.9. The number of anilines is 1. The van der Waals surface area contributed by atoms with Crippen LogP contribution in [0.5, 0.6) is 0 Å². The summed E-state index contributed by atoms with van der Waals surface area (Å²) in [5, 5.41) is 41.1. The van der Waals surface area contributed by atoms with Crippen LogP contribution in [0, 0.1) is 29.6 Å². The number of hydrogen-bond donors (Lipinski definition) is 13. The molecule has 2 aromatic rings. The van der Waals surface area contributed by atoms with Gasteiger partial charge in [0, 0.05) is 80.9 Å². The van der Waals surface area contributed by atoms with Gasteiger partial charge in [-0.25, -0.2) is 15.3 Å². The average Bonchev–Trinajstić information content (AvgIpc) is 1.59. The van der Waals surface area contributed by atoms with Gasteiger partial charge in [0.15, 0.2) is 0 Å². The number of hydrogen-bond acceptors (Lipinski definition) is 20. The monoisotopic (exact) mass is 1400 g/mol. The van der Waals surface area contributed by atoms with Crippen molar-refractivity contribution in [1.82, 2.24) is 72.2 Å². The first-order chi connectivity index (χ1) is 46.9. The molecule has 9 aliphatic heterocycles. The number of rotatable bonds is 19. The largest absolute Gasteiger partial charge is 0.469 e. The molecule has 1 aromatic carbocycles. The van der Waals surface area contributed by atoms with E-state index in [-0.39, 0.29) is 74.0 Å². The van der Waals surface area contributed by atoms with Gasteiger partial charge in [0.25, 0.3) is 7.59 Å². The summed E-state index contributed by atoms with van der Waals surface area (Å²) in [6.45, 7) is 2.33. The number of aromatic nitrogens is 1. The first-order valence-electron chi connectivity index (χ1n) is 32.8. The van der Waals surface area contributed by atoms with Crippen LogP contribution in [0.2, 0.25) is 0 Å². The van der Waals surface area contributed by atoms with Gasteiger partial charge in [-0.3, -0.25) is 81.5 Å². The lowest BCUT2D eigenvalue weighted by atomic mass is 9.85. The Balaban J connectivity index is 0.868. The fraction of sp³-hybridized carbons (Fsp3) is 0.581. The Kier molecular flexibility index (Phi) is 21.7. The fourth-order valence-electron chi connectivity index (χ4n) is 14.0. The number of aliphatic hydroxyl groups is 1. The van der Waals surface area contributed by atoms with Crippen molar-refractivity contribution in [1.29, 1.82) is 0 Å². The first-order valence-corrected chi connectivity index (χ1v) is 35.5. The molecule has 0 spiro atoms. The second-order valence-corrected chi connectivity index (χ2v) is 28.8. The van der Waals surface area contributed by atoms with Crippen molar-refractivity contribution in [3.63, 3.8) is 0 Å². The highest BCUT2D eigenvalue weighted by Gasteiger charge is 2.62. The van der Waals surface area contributed by atoms with Gasteiger partial charge >= 0.3 is 5.97 Å². The van der Waals surface area contributed by atoms with Gasteiger partial charge in [-0.05, 0) is 36.1 Å². The Morgan fingerprint density at radius 2 is 1.27 bits per heavy atom. The van der Waals surface area contributed by atoms with E-state index in [1.807, 2.05) is 0 Å². The summed E-state index contributed by atoms with van der Waals surface area (Å²) >= 11 is 0.937. The third-order valence-corrected chi connectivity index (χ3v) is 22.4. The Hall–Kier alpha value is -8.44. The standard InChI is InChI=1S/C62H80N15O19PS/c1-5-7-34-53(84)71-35-22-32-31-20-29(68-43(79)14-15-65-97(93,66-16-18-75-59(89)47-39-10-11-40(95-39)48(47)60(75)90)67-17-19-76-61(91)49-41-12-13-42(96-41)50(49)62(76)92)8-9-33(31)73-57(32)98-27-37(69-44(80)24-64-56(87)51(28(3)6-2)74-45(81)25-63-52(35)83)54(85)72-36(23-46(82)94-4)58(88)77-26-30(78)21-38(77)55(86)70-34/h8-13,20,28,30,34-42,47-51,73,78H,5-7,14-19,21-27H2,1-4H3,(H,63,83)(H,64,87)(H,68,79)(H,69,80)(H,70,86)(H,71,84)(H,72,85)(H,74,81)(H3,65,66,67,93)/t28-,30+,34-,35-,36-,37-,38-,39?,40?,41?,42?,47?,48?,49?,50?,51-,97?/m0/s1. The molecule has 0 saturated carbocycles. The van der Waals surface area contributed by atoms with Gasteiger partial charge in [0.05, 0.1) is 85.8 Å². The number of aromatic amines is 1. The number of thioether (sulfide) groups is 1. The molecule has 8 unspecified atom stereocenters. The summed E-state index contributed by atoms with van der Waals surface area (Å²) < 4.78 is 31.2. The second kappa shape index (κ2) is 30.0. The summed E-state index contributed by atoms with van der Waals surface area (Å²) in [5.74, 6) is -14.1. The summed E-state index contributed by atoms with van der Waals surface area (Å²) in [4.78, 5) is 202. The summed E-state index contributed by atoms with van der Waals surface area (Å²) in [7, 11) is -2.96.